The molecule has 1 amide bonds. The molecule has 1 aromatic carbocycles. The first-order chi connectivity index (χ1) is 9.65. The molecule has 1 heterocycles. The zero-order valence-electron chi connectivity index (χ0n) is 10.7. The van der Waals surface area contributed by atoms with Gasteiger partial charge in [0.1, 0.15) is 5.76 Å². The Balaban J connectivity index is 1.87. The van der Waals surface area contributed by atoms with Crippen molar-refractivity contribution < 1.29 is 9.21 Å². The molecule has 1 aliphatic rings. The van der Waals surface area contributed by atoms with Crippen molar-refractivity contribution >= 4 is 37.8 Å². The molecule has 1 aliphatic carbocycles. The molecule has 0 saturated heterocycles. The van der Waals surface area contributed by atoms with Gasteiger partial charge in [0.2, 0.25) is 0 Å². The van der Waals surface area contributed by atoms with Crippen LogP contribution in [0.25, 0.3) is 0 Å². The summed E-state index contributed by atoms with van der Waals surface area (Å²) in [6, 6.07) is 9.73. The molecule has 20 heavy (non-hydrogen) atoms. The lowest BCUT2D eigenvalue weighted by molar-refractivity contribution is 0.0716. The van der Waals surface area contributed by atoms with Gasteiger partial charge in [-0.15, -0.1) is 0 Å². The van der Waals surface area contributed by atoms with E-state index in [1.54, 1.807) is 6.26 Å². The van der Waals surface area contributed by atoms with Crippen LogP contribution in [0.5, 0.6) is 0 Å². The summed E-state index contributed by atoms with van der Waals surface area (Å²) in [7, 11) is 0. The van der Waals surface area contributed by atoms with Gasteiger partial charge in [-0.1, -0.05) is 15.9 Å². The Morgan fingerprint density at radius 1 is 1.30 bits per heavy atom. The highest BCUT2D eigenvalue weighted by Gasteiger charge is 2.34. The van der Waals surface area contributed by atoms with Gasteiger partial charge in [0.25, 0.3) is 5.91 Å². The predicted octanol–water partition coefficient (Wildman–Crippen LogP) is 4.61. The maximum Gasteiger partial charge on any atom is 0.255 e. The normalized spacial score (nSPS) is 14.3. The van der Waals surface area contributed by atoms with Gasteiger partial charge in [-0.25, -0.2) is 0 Å². The third-order valence-electron chi connectivity index (χ3n) is 3.31. The second kappa shape index (κ2) is 5.74. The number of hydrogen-bond donors (Lipinski definition) is 0. The van der Waals surface area contributed by atoms with Crippen molar-refractivity contribution in [3.05, 3.63) is 56.9 Å². The number of benzene rings is 1. The molecule has 0 N–H and O–H groups in total. The van der Waals surface area contributed by atoms with Gasteiger partial charge in [0, 0.05) is 15.0 Å². The third-order valence-corrected chi connectivity index (χ3v) is 4.50. The fourth-order valence-corrected chi connectivity index (χ4v) is 2.92. The summed E-state index contributed by atoms with van der Waals surface area (Å²) in [6.45, 7) is 0.523. The van der Waals surface area contributed by atoms with Crippen molar-refractivity contribution in [2.75, 3.05) is 0 Å². The van der Waals surface area contributed by atoms with Crippen molar-refractivity contribution in [1.29, 1.82) is 0 Å². The summed E-state index contributed by atoms with van der Waals surface area (Å²) in [5, 5.41) is 0. The zero-order chi connectivity index (χ0) is 14.1. The SMILES string of the molecule is O=C(c1cc(Br)ccc1Br)N(Cc1ccco1)C1CC1. The van der Waals surface area contributed by atoms with Gasteiger partial charge in [-0.2, -0.15) is 0 Å². The molecule has 0 aliphatic heterocycles. The van der Waals surface area contributed by atoms with Gasteiger partial charge in [-0.3, -0.25) is 4.79 Å². The average Bonchev–Trinajstić information content (AvgIpc) is 3.15. The minimum absolute atomic E-state index is 0.0390. The van der Waals surface area contributed by atoms with Crippen LogP contribution < -0.4 is 0 Å². The summed E-state index contributed by atoms with van der Waals surface area (Å²) in [5.41, 5.74) is 0.679. The molecule has 2 aromatic rings. The first-order valence-electron chi connectivity index (χ1n) is 6.43. The second-order valence-corrected chi connectivity index (χ2v) is 6.64. The van der Waals surface area contributed by atoms with Crippen LogP contribution in [0.2, 0.25) is 0 Å². The van der Waals surface area contributed by atoms with E-state index >= 15 is 0 Å². The highest BCUT2D eigenvalue weighted by atomic mass is 79.9. The van der Waals surface area contributed by atoms with Crippen molar-refractivity contribution in [2.45, 2.75) is 25.4 Å². The van der Waals surface area contributed by atoms with Crippen LogP contribution in [0, 0.1) is 0 Å². The van der Waals surface area contributed by atoms with E-state index in [9.17, 15) is 4.79 Å². The van der Waals surface area contributed by atoms with E-state index in [1.807, 2.05) is 35.2 Å². The van der Waals surface area contributed by atoms with Crippen molar-refractivity contribution in [3.8, 4) is 0 Å². The number of carbonyl (C=O) groups excluding carboxylic acids is 1. The summed E-state index contributed by atoms with van der Waals surface area (Å²) in [4.78, 5) is 14.7. The van der Waals surface area contributed by atoms with Gasteiger partial charge in [0.15, 0.2) is 0 Å². The number of halogens is 2. The predicted molar refractivity (Wildman–Crippen MR) is 83.4 cm³/mol. The maximum atomic E-state index is 12.8. The van der Waals surface area contributed by atoms with E-state index in [0.717, 1.165) is 27.5 Å². The lowest BCUT2D eigenvalue weighted by atomic mass is 10.2. The molecule has 0 radical (unpaired) electrons. The smallest absolute Gasteiger partial charge is 0.255 e. The average molecular weight is 399 g/mol. The molecule has 3 nitrogen and oxygen atoms in total. The molecule has 1 aromatic heterocycles. The van der Waals surface area contributed by atoms with Gasteiger partial charge in [-0.05, 0) is 59.1 Å². The van der Waals surface area contributed by atoms with Crippen molar-refractivity contribution in [3.63, 3.8) is 0 Å². The molecule has 1 saturated carbocycles. The molecule has 3 rings (SSSR count). The molecular weight excluding hydrogens is 386 g/mol. The lowest BCUT2D eigenvalue weighted by Crippen LogP contribution is -2.32. The van der Waals surface area contributed by atoms with Crippen LogP contribution >= 0.6 is 31.9 Å². The molecule has 5 heteroatoms. The highest BCUT2D eigenvalue weighted by molar-refractivity contribution is 9.11. The van der Waals surface area contributed by atoms with Crippen molar-refractivity contribution in [2.24, 2.45) is 0 Å². The summed E-state index contributed by atoms with van der Waals surface area (Å²) < 4.78 is 7.08. The Bertz CT molecular complexity index is 621. The number of amides is 1. The fourth-order valence-electron chi connectivity index (χ4n) is 2.14. The van der Waals surface area contributed by atoms with E-state index < -0.39 is 0 Å². The van der Waals surface area contributed by atoms with Crippen LogP contribution in [-0.2, 0) is 6.54 Å². The summed E-state index contributed by atoms with van der Waals surface area (Å²) in [5.74, 6) is 0.855. The molecule has 0 bridgehead atoms. The van der Waals surface area contributed by atoms with Crippen molar-refractivity contribution in [1.82, 2.24) is 4.90 Å². The van der Waals surface area contributed by atoms with Gasteiger partial charge >= 0.3 is 0 Å². The standard InChI is InChI=1S/C15H13Br2NO2/c16-10-3-6-14(17)13(8-10)15(19)18(11-4-5-11)9-12-2-1-7-20-12/h1-3,6-8,11H,4-5,9H2. The van der Waals surface area contributed by atoms with Crippen LogP contribution in [-0.4, -0.2) is 16.8 Å². The van der Waals surface area contributed by atoms with E-state index in [4.69, 9.17) is 4.42 Å². The van der Waals surface area contributed by atoms with Gasteiger partial charge < -0.3 is 9.32 Å². The summed E-state index contributed by atoms with van der Waals surface area (Å²) in [6.07, 6.45) is 3.77. The second-order valence-electron chi connectivity index (χ2n) is 4.87. The molecule has 0 atom stereocenters. The fraction of sp³-hybridized carbons (Fsp3) is 0.267. The highest BCUT2D eigenvalue weighted by Crippen LogP contribution is 2.32. The molecule has 1 fully saturated rings. The Hall–Kier alpha value is -1.07. The Morgan fingerprint density at radius 2 is 2.10 bits per heavy atom. The number of rotatable bonds is 4. The Kier molecular flexibility index (Phi) is 3.98. The lowest BCUT2D eigenvalue weighted by Gasteiger charge is -2.22. The number of nitrogens with zero attached hydrogens (tertiary/aromatic N) is 1. The Labute approximate surface area is 134 Å². The zero-order valence-corrected chi connectivity index (χ0v) is 13.9. The van der Waals surface area contributed by atoms with E-state index in [2.05, 4.69) is 31.9 Å². The topological polar surface area (TPSA) is 33.5 Å². The minimum Gasteiger partial charge on any atom is -0.467 e. The quantitative estimate of drug-likeness (QED) is 0.753. The molecular formula is C15H13Br2NO2. The largest absolute Gasteiger partial charge is 0.467 e. The molecule has 0 unspecified atom stereocenters. The first kappa shape index (κ1) is 13.9. The summed E-state index contributed by atoms with van der Waals surface area (Å²) >= 11 is 6.87. The van der Waals surface area contributed by atoms with Crippen LogP contribution in [0.3, 0.4) is 0 Å². The third kappa shape index (κ3) is 2.99. The molecule has 0 spiro atoms. The van der Waals surface area contributed by atoms with E-state index in [-0.39, 0.29) is 5.91 Å². The molecule has 104 valence electrons. The first-order valence-corrected chi connectivity index (χ1v) is 8.02. The van der Waals surface area contributed by atoms with Crippen LogP contribution in [0.15, 0.2) is 50.0 Å². The Morgan fingerprint density at radius 3 is 2.75 bits per heavy atom. The van der Waals surface area contributed by atoms with Crippen LogP contribution in [0.4, 0.5) is 0 Å². The van der Waals surface area contributed by atoms with E-state index in [1.165, 1.54) is 0 Å². The number of furan rings is 1. The van der Waals surface area contributed by atoms with Gasteiger partial charge in [0.05, 0.1) is 18.4 Å². The van der Waals surface area contributed by atoms with Crippen LogP contribution in [0.1, 0.15) is 29.0 Å². The monoisotopic (exact) mass is 397 g/mol. The van der Waals surface area contributed by atoms with E-state index in [0.29, 0.717) is 18.2 Å². The number of carbonyl (C=O) groups is 1. The maximum absolute atomic E-state index is 12.8. The minimum atomic E-state index is 0.0390. The number of hydrogen-bond acceptors (Lipinski definition) is 2.